The number of nitro groups is 1. The fraction of sp³-hybridized carbons (Fsp3) is 0.222. The highest BCUT2D eigenvalue weighted by Gasteiger charge is 2.23. The number of ether oxygens (including phenoxy) is 1. The van der Waals surface area contributed by atoms with Gasteiger partial charge in [-0.25, -0.2) is 13.2 Å². The first-order valence-corrected chi connectivity index (χ1v) is 9.85. The predicted molar refractivity (Wildman–Crippen MR) is 101 cm³/mol. The lowest BCUT2D eigenvalue weighted by molar-refractivity contribution is -0.384. The summed E-state index contributed by atoms with van der Waals surface area (Å²) in [6.45, 7) is 2.30. The summed E-state index contributed by atoms with van der Waals surface area (Å²) in [6, 6.07) is 9.82. The second-order valence-electron chi connectivity index (χ2n) is 5.75. The van der Waals surface area contributed by atoms with Crippen LogP contribution in [0.4, 0.5) is 11.4 Å². The van der Waals surface area contributed by atoms with E-state index in [-0.39, 0.29) is 27.6 Å². The van der Waals surface area contributed by atoms with Crippen LogP contribution in [0.3, 0.4) is 0 Å². The van der Waals surface area contributed by atoms with Crippen LogP contribution >= 0.6 is 0 Å². The van der Waals surface area contributed by atoms with E-state index in [1.807, 2.05) is 0 Å². The number of hydrogen-bond acceptors (Lipinski definition) is 7. The first-order valence-electron chi connectivity index (χ1n) is 8.20. The first-order chi connectivity index (χ1) is 13.2. The second kappa shape index (κ2) is 8.61. The molecule has 148 valence electrons. The number of rotatable bonds is 7. The van der Waals surface area contributed by atoms with E-state index < -0.39 is 33.2 Å². The minimum atomic E-state index is -3.66. The molecule has 0 radical (unpaired) electrons. The van der Waals surface area contributed by atoms with Crippen molar-refractivity contribution in [3.05, 3.63) is 63.7 Å². The third-order valence-electron chi connectivity index (χ3n) is 3.87. The minimum Gasteiger partial charge on any atom is -0.452 e. The van der Waals surface area contributed by atoms with E-state index in [9.17, 15) is 28.1 Å². The monoisotopic (exact) mass is 406 g/mol. The Kier molecular flexibility index (Phi) is 6.47. The molecule has 0 bridgehead atoms. The number of anilines is 1. The fourth-order valence-corrected chi connectivity index (χ4v) is 3.50. The van der Waals surface area contributed by atoms with Gasteiger partial charge in [0.1, 0.15) is 5.69 Å². The maximum absolute atomic E-state index is 12.3. The Balaban J connectivity index is 2.13. The van der Waals surface area contributed by atoms with E-state index >= 15 is 0 Å². The molecule has 0 aliphatic carbocycles. The van der Waals surface area contributed by atoms with Crippen molar-refractivity contribution in [1.29, 1.82) is 0 Å². The normalized spacial score (nSPS) is 10.9. The summed E-state index contributed by atoms with van der Waals surface area (Å²) in [5.41, 5.74) is -0.00569. The number of para-hydroxylation sites is 1. The molecule has 0 aliphatic rings. The summed E-state index contributed by atoms with van der Waals surface area (Å²) in [6.07, 6.45) is 0. The highest BCUT2D eigenvalue weighted by atomic mass is 32.2. The number of hydrogen-bond donors (Lipinski definition) is 1. The number of carbonyl (C=O) groups is 2. The zero-order chi connectivity index (χ0) is 20.9. The van der Waals surface area contributed by atoms with E-state index in [1.54, 1.807) is 13.0 Å². The van der Waals surface area contributed by atoms with Gasteiger partial charge in [-0.15, -0.1) is 0 Å². The standard InChI is InChI=1S/C18H18N2O7S/c1-3-28(25,26)15-10-5-4-8-13(15)18(22)27-11-16(21)19-17-12(2)7-6-9-14(17)20(23)24/h4-10H,3,11H2,1-2H3,(H,19,21). The van der Waals surface area contributed by atoms with Crippen molar-refractivity contribution in [2.45, 2.75) is 18.7 Å². The van der Waals surface area contributed by atoms with Crippen LogP contribution in [0.15, 0.2) is 47.4 Å². The van der Waals surface area contributed by atoms with Crippen molar-refractivity contribution in [2.75, 3.05) is 17.7 Å². The molecular formula is C18H18N2O7S. The van der Waals surface area contributed by atoms with Crippen molar-refractivity contribution in [1.82, 2.24) is 0 Å². The molecule has 0 saturated heterocycles. The van der Waals surface area contributed by atoms with Crippen molar-refractivity contribution < 1.29 is 27.7 Å². The number of nitrogens with zero attached hydrogens (tertiary/aromatic N) is 1. The molecule has 0 aromatic heterocycles. The smallest absolute Gasteiger partial charge is 0.339 e. The quantitative estimate of drug-likeness (QED) is 0.424. The molecule has 1 N–H and O–H groups in total. The summed E-state index contributed by atoms with van der Waals surface area (Å²) in [4.78, 5) is 34.6. The minimum absolute atomic E-state index is 0.00232. The molecule has 2 aromatic rings. The predicted octanol–water partition coefficient (Wildman–Crippen LogP) is 2.49. The van der Waals surface area contributed by atoms with Gasteiger partial charge in [0.05, 0.1) is 21.1 Å². The Hall–Kier alpha value is -3.27. The van der Waals surface area contributed by atoms with Gasteiger partial charge in [-0.1, -0.05) is 31.2 Å². The highest BCUT2D eigenvalue weighted by Crippen LogP contribution is 2.27. The maximum Gasteiger partial charge on any atom is 0.339 e. The largest absolute Gasteiger partial charge is 0.452 e. The first kappa shape index (κ1) is 21.0. The number of esters is 1. The molecule has 0 atom stereocenters. The second-order valence-corrected chi connectivity index (χ2v) is 8.00. The number of aryl methyl sites for hydroxylation is 1. The highest BCUT2D eigenvalue weighted by molar-refractivity contribution is 7.91. The molecule has 0 fully saturated rings. The molecule has 0 saturated carbocycles. The van der Waals surface area contributed by atoms with Gasteiger partial charge in [0, 0.05) is 6.07 Å². The van der Waals surface area contributed by atoms with Crippen molar-refractivity contribution in [3.8, 4) is 0 Å². The molecule has 2 rings (SSSR count). The number of sulfone groups is 1. The van der Waals surface area contributed by atoms with Crippen LogP contribution in [0.5, 0.6) is 0 Å². The van der Waals surface area contributed by atoms with E-state index in [1.165, 1.54) is 43.3 Å². The average Bonchev–Trinajstić information content (AvgIpc) is 2.67. The molecular weight excluding hydrogens is 388 g/mol. The summed E-state index contributed by atoms with van der Waals surface area (Å²) >= 11 is 0. The molecule has 0 spiro atoms. The van der Waals surface area contributed by atoms with Crippen LogP contribution in [0.1, 0.15) is 22.8 Å². The van der Waals surface area contributed by atoms with Gasteiger partial charge in [-0.05, 0) is 24.6 Å². The van der Waals surface area contributed by atoms with Crippen molar-refractivity contribution >= 4 is 33.1 Å². The van der Waals surface area contributed by atoms with Crippen molar-refractivity contribution in [3.63, 3.8) is 0 Å². The molecule has 0 unspecified atom stereocenters. The number of carbonyl (C=O) groups excluding carboxylic acids is 2. The molecule has 1 amide bonds. The zero-order valence-electron chi connectivity index (χ0n) is 15.2. The van der Waals surface area contributed by atoms with E-state index in [2.05, 4.69) is 5.32 Å². The Morgan fingerprint density at radius 1 is 1.14 bits per heavy atom. The Bertz CT molecular complexity index is 1030. The average molecular weight is 406 g/mol. The zero-order valence-corrected chi connectivity index (χ0v) is 16.0. The number of amides is 1. The van der Waals surface area contributed by atoms with Gasteiger partial charge in [0.25, 0.3) is 11.6 Å². The molecule has 9 nitrogen and oxygen atoms in total. The lowest BCUT2D eigenvalue weighted by Gasteiger charge is -2.11. The van der Waals surface area contributed by atoms with Gasteiger partial charge < -0.3 is 10.1 Å². The SMILES string of the molecule is CCS(=O)(=O)c1ccccc1C(=O)OCC(=O)Nc1c(C)cccc1[N+](=O)[O-]. The van der Waals surface area contributed by atoms with Crippen LogP contribution in [0, 0.1) is 17.0 Å². The van der Waals surface area contributed by atoms with Gasteiger partial charge in [-0.2, -0.15) is 0 Å². The van der Waals surface area contributed by atoms with Crippen LogP contribution in [-0.4, -0.2) is 37.6 Å². The summed E-state index contributed by atoms with van der Waals surface area (Å²) in [5.74, 6) is -1.97. The molecule has 0 heterocycles. The molecule has 28 heavy (non-hydrogen) atoms. The maximum atomic E-state index is 12.3. The fourth-order valence-electron chi connectivity index (χ4n) is 2.41. The summed E-state index contributed by atoms with van der Waals surface area (Å²) in [7, 11) is -3.66. The lowest BCUT2D eigenvalue weighted by Crippen LogP contribution is -2.22. The topological polar surface area (TPSA) is 133 Å². The van der Waals surface area contributed by atoms with Gasteiger partial charge >= 0.3 is 5.97 Å². The number of benzene rings is 2. The van der Waals surface area contributed by atoms with Crippen LogP contribution in [0.25, 0.3) is 0 Å². The molecule has 10 heteroatoms. The Morgan fingerprint density at radius 2 is 1.82 bits per heavy atom. The third-order valence-corrected chi connectivity index (χ3v) is 5.65. The van der Waals surface area contributed by atoms with Crippen LogP contribution in [0.2, 0.25) is 0 Å². The number of nitro benzene ring substituents is 1. The summed E-state index contributed by atoms with van der Waals surface area (Å²) in [5, 5.41) is 13.4. The van der Waals surface area contributed by atoms with E-state index in [0.29, 0.717) is 5.56 Å². The van der Waals surface area contributed by atoms with Crippen molar-refractivity contribution in [2.24, 2.45) is 0 Å². The van der Waals surface area contributed by atoms with Crippen LogP contribution in [-0.2, 0) is 19.4 Å². The summed E-state index contributed by atoms with van der Waals surface area (Å²) < 4.78 is 29.1. The Morgan fingerprint density at radius 3 is 2.46 bits per heavy atom. The van der Waals surface area contributed by atoms with Gasteiger partial charge in [0.15, 0.2) is 16.4 Å². The lowest BCUT2D eigenvalue weighted by atomic mass is 10.1. The molecule has 0 aliphatic heterocycles. The van der Waals surface area contributed by atoms with E-state index in [4.69, 9.17) is 4.74 Å². The third kappa shape index (κ3) is 4.71. The van der Waals surface area contributed by atoms with Crippen LogP contribution < -0.4 is 5.32 Å². The Labute approximate surface area is 161 Å². The van der Waals surface area contributed by atoms with Gasteiger partial charge in [-0.3, -0.25) is 14.9 Å². The molecule has 2 aromatic carbocycles. The number of nitrogens with one attached hydrogen (secondary N) is 1. The van der Waals surface area contributed by atoms with Gasteiger partial charge in [0.2, 0.25) is 0 Å². The van der Waals surface area contributed by atoms with E-state index in [0.717, 1.165) is 0 Å².